The summed E-state index contributed by atoms with van der Waals surface area (Å²) in [7, 11) is 0. The first kappa shape index (κ1) is 16.0. The van der Waals surface area contributed by atoms with Gasteiger partial charge in [0, 0.05) is 31.2 Å². The van der Waals surface area contributed by atoms with Crippen molar-refractivity contribution in [2.45, 2.75) is 12.3 Å². The molecule has 114 valence electrons. The number of nitrogens with zero attached hydrogens (tertiary/aromatic N) is 2. The van der Waals surface area contributed by atoms with E-state index in [1.165, 1.54) is 35.3 Å². The molecule has 0 spiro atoms. The predicted octanol–water partition coefficient (Wildman–Crippen LogP) is 1.15. The molecular weight excluding hydrogens is 389 g/mol. The zero-order valence-corrected chi connectivity index (χ0v) is 13.4. The highest BCUT2D eigenvalue weighted by atomic mass is 127. The first-order chi connectivity index (χ1) is 9.97. The smallest absolute Gasteiger partial charge is 0.328 e. The van der Waals surface area contributed by atoms with Crippen LogP contribution in [0.4, 0.5) is 0 Å². The summed E-state index contributed by atoms with van der Waals surface area (Å²) in [6, 6.07) is 0. The van der Waals surface area contributed by atoms with Crippen LogP contribution in [-0.4, -0.2) is 56.9 Å². The van der Waals surface area contributed by atoms with Crippen LogP contribution in [0.1, 0.15) is 18.0 Å². The van der Waals surface area contributed by atoms with Crippen molar-refractivity contribution >= 4 is 34.5 Å². The minimum atomic E-state index is -1.26. The Morgan fingerprint density at radius 2 is 2.00 bits per heavy atom. The number of carbonyl (C=O) groups is 2. The van der Waals surface area contributed by atoms with Crippen LogP contribution in [-0.2, 0) is 9.59 Å². The van der Waals surface area contributed by atoms with Gasteiger partial charge in [-0.05, 0) is 41.5 Å². The number of nitrogens with one attached hydrogen (secondary N) is 1. The molecule has 2 bridgehead atoms. The van der Waals surface area contributed by atoms with Crippen molar-refractivity contribution in [3.05, 3.63) is 27.6 Å². The second kappa shape index (κ2) is 7.03. The maximum atomic E-state index is 9.55. The first-order valence-electron chi connectivity index (χ1n) is 6.52. The zero-order chi connectivity index (χ0) is 15.4. The van der Waals surface area contributed by atoms with Crippen LogP contribution in [0.5, 0.6) is 0 Å². The van der Waals surface area contributed by atoms with Gasteiger partial charge >= 0.3 is 11.9 Å². The fourth-order valence-electron chi connectivity index (χ4n) is 2.80. The Morgan fingerprint density at radius 1 is 1.33 bits per heavy atom. The fourth-order valence-corrected chi connectivity index (χ4v) is 3.45. The van der Waals surface area contributed by atoms with Crippen LogP contribution in [0.15, 0.2) is 18.3 Å². The topological polar surface area (TPSA) is 107 Å². The van der Waals surface area contributed by atoms with Crippen LogP contribution in [0.25, 0.3) is 0 Å². The van der Waals surface area contributed by atoms with Crippen LogP contribution >= 0.6 is 22.6 Å². The van der Waals surface area contributed by atoms with Crippen molar-refractivity contribution in [2.24, 2.45) is 5.92 Å². The van der Waals surface area contributed by atoms with Crippen molar-refractivity contribution in [3.63, 3.8) is 0 Å². The third-order valence-corrected chi connectivity index (χ3v) is 4.55. The van der Waals surface area contributed by atoms with E-state index >= 15 is 0 Å². The Balaban J connectivity index is 0.000000177. The molecule has 21 heavy (non-hydrogen) atoms. The number of hydrogen-bond donors (Lipinski definition) is 3. The van der Waals surface area contributed by atoms with Crippen LogP contribution < -0.4 is 0 Å². The minimum Gasteiger partial charge on any atom is -0.478 e. The van der Waals surface area contributed by atoms with E-state index in [-0.39, 0.29) is 0 Å². The zero-order valence-electron chi connectivity index (χ0n) is 11.2. The van der Waals surface area contributed by atoms with Gasteiger partial charge in [0.15, 0.2) is 0 Å². The molecule has 3 heterocycles. The molecule has 0 aliphatic carbocycles. The molecular formula is C13H16IN3O4. The van der Waals surface area contributed by atoms with E-state index in [1.54, 1.807) is 0 Å². The number of hydrogen-bond acceptors (Lipinski definition) is 4. The summed E-state index contributed by atoms with van der Waals surface area (Å²) in [5.41, 5.74) is 1.37. The third kappa shape index (κ3) is 4.27. The molecule has 2 aliphatic heterocycles. The van der Waals surface area contributed by atoms with Gasteiger partial charge in [0.25, 0.3) is 0 Å². The summed E-state index contributed by atoms with van der Waals surface area (Å²) in [5, 5.41) is 22.9. The van der Waals surface area contributed by atoms with Crippen molar-refractivity contribution < 1.29 is 19.8 Å². The number of H-pyrrole nitrogens is 1. The van der Waals surface area contributed by atoms with E-state index in [2.05, 4.69) is 37.7 Å². The van der Waals surface area contributed by atoms with Gasteiger partial charge in [-0.2, -0.15) is 5.10 Å². The summed E-state index contributed by atoms with van der Waals surface area (Å²) in [6.07, 6.45) is 4.42. The standard InChI is InChI=1S/C9H12IN3.C4H4O4/c10-8-3-11-12-9(8)7-5-13-2-1-6(7)4-13;5-3(6)1-2-4(7)8/h3,6-7H,1-2,4-5H2,(H,11,12);1-2H,(H,5,6)(H,7,8)/b;2-1-. The number of aromatic amines is 1. The Labute approximate surface area is 135 Å². The van der Waals surface area contributed by atoms with E-state index in [0.717, 1.165) is 11.8 Å². The number of piperidine rings is 1. The molecule has 1 aromatic heterocycles. The summed E-state index contributed by atoms with van der Waals surface area (Å²) < 4.78 is 1.30. The number of rotatable bonds is 3. The second-order valence-corrected chi connectivity index (χ2v) is 6.22. The quantitative estimate of drug-likeness (QED) is 0.515. The van der Waals surface area contributed by atoms with Crippen molar-refractivity contribution in [1.29, 1.82) is 0 Å². The number of fused-ring (bicyclic) bond motifs is 2. The molecule has 1 aromatic rings. The van der Waals surface area contributed by atoms with Crippen molar-refractivity contribution in [1.82, 2.24) is 15.1 Å². The Hall–Kier alpha value is -1.42. The van der Waals surface area contributed by atoms with Crippen LogP contribution in [0, 0.1) is 9.49 Å². The third-order valence-electron chi connectivity index (χ3n) is 3.69. The second-order valence-electron chi connectivity index (χ2n) is 5.06. The van der Waals surface area contributed by atoms with Gasteiger partial charge in [-0.25, -0.2) is 9.59 Å². The molecule has 7 nitrogen and oxygen atoms in total. The summed E-state index contributed by atoms with van der Waals surface area (Å²) in [6.45, 7) is 3.86. The lowest BCUT2D eigenvalue weighted by molar-refractivity contribution is -0.134. The summed E-state index contributed by atoms with van der Waals surface area (Å²) in [4.78, 5) is 21.7. The molecule has 0 saturated carbocycles. The summed E-state index contributed by atoms with van der Waals surface area (Å²) >= 11 is 2.37. The van der Waals surface area contributed by atoms with E-state index < -0.39 is 11.9 Å². The number of aromatic nitrogens is 2. The molecule has 3 rings (SSSR count). The highest BCUT2D eigenvalue weighted by Crippen LogP contribution is 2.39. The largest absolute Gasteiger partial charge is 0.478 e. The molecule has 2 aliphatic rings. The monoisotopic (exact) mass is 405 g/mol. The average molecular weight is 405 g/mol. The van der Waals surface area contributed by atoms with Gasteiger partial charge in [0.05, 0.1) is 15.5 Å². The normalized spacial score (nSPS) is 26.6. The Bertz CT molecular complexity index is 541. The molecule has 3 N–H and O–H groups in total. The van der Waals surface area contributed by atoms with E-state index in [1.807, 2.05) is 6.20 Å². The lowest BCUT2D eigenvalue weighted by Crippen LogP contribution is -2.22. The van der Waals surface area contributed by atoms with E-state index in [9.17, 15) is 9.59 Å². The summed E-state index contributed by atoms with van der Waals surface area (Å²) in [5.74, 6) is -0.906. The SMILES string of the molecule is Ic1cn[nH]c1C1CN2CCC1C2.O=C(O)/C=C\C(=O)O. The van der Waals surface area contributed by atoms with Crippen LogP contribution in [0.2, 0.25) is 0 Å². The Morgan fingerprint density at radius 3 is 2.38 bits per heavy atom. The number of carboxylic acid groups (broad SMARTS) is 2. The molecule has 2 saturated heterocycles. The lowest BCUT2D eigenvalue weighted by atomic mass is 9.90. The lowest BCUT2D eigenvalue weighted by Gasteiger charge is -2.20. The van der Waals surface area contributed by atoms with Crippen LogP contribution in [0.3, 0.4) is 0 Å². The molecule has 0 amide bonds. The van der Waals surface area contributed by atoms with Crippen molar-refractivity contribution in [3.8, 4) is 0 Å². The maximum absolute atomic E-state index is 9.55. The van der Waals surface area contributed by atoms with Gasteiger partial charge in [-0.3, -0.25) is 5.10 Å². The van der Waals surface area contributed by atoms with Gasteiger partial charge in [-0.1, -0.05) is 0 Å². The average Bonchev–Trinajstić information content (AvgIpc) is 3.12. The highest BCUT2D eigenvalue weighted by molar-refractivity contribution is 14.1. The minimum absolute atomic E-state index is 0.558. The molecule has 3 unspecified atom stereocenters. The number of halogens is 1. The first-order valence-corrected chi connectivity index (χ1v) is 7.60. The molecule has 0 radical (unpaired) electrons. The van der Waals surface area contributed by atoms with Gasteiger partial charge < -0.3 is 15.1 Å². The van der Waals surface area contributed by atoms with E-state index in [4.69, 9.17) is 10.2 Å². The van der Waals surface area contributed by atoms with Crippen molar-refractivity contribution in [2.75, 3.05) is 19.6 Å². The molecule has 3 atom stereocenters. The van der Waals surface area contributed by atoms with Gasteiger partial charge in [0.2, 0.25) is 0 Å². The van der Waals surface area contributed by atoms with Gasteiger partial charge in [0.1, 0.15) is 0 Å². The Kier molecular flexibility index (Phi) is 5.34. The predicted molar refractivity (Wildman–Crippen MR) is 83.0 cm³/mol. The number of aliphatic carboxylic acids is 2. The van der Waals surface area contributed by atoms with Gasteiger partial charge in [-0.15, -0.1) is 0 Å². The maximum Gasteiger partial charge on any atom is 0.328 e. The molecule has 0 aromatic carbocycles. The molecule has 8 heteroatoms. The molecule has 2 fully saturated rings. The highest BCUT2D eigenvalue weighted by Gasteiger charge is 2.40. The van der Waals surface area contributed by atoms with E-state index in [0.29, 0.717) is 12.2 Å². The fraction of sp³-hybridized carbons (Fsp3) is 0.462. The number of carboxylic acids is 2.